The van der Waals surface area contributed by atoms with Gasteiger partial charge >= 0.3 is 5.97 Å². The predicted octanol–water partition coefficient (Wildman–Crippen LogP) is 5.53. The molecule has 194 valence electrons. The largest absolute Gasteiger partial charge is 0.459 e. The van der Waals surface area contributed by atoms with Crippen LogP contribution in [-0.4, -0.2) is 35.2 Å². The molecule has 36 heavy (non-hydrogen) atoms. The van der Waals surface area contributed by atoms with E-state index >= 15 is 0 Å². The highest BCUT2D eigenvalue weighted by Crippen LogP contribution is 2.30. The zero-order valence-corrected chi connectivity index (χ0v) is 23.5. The van der Waals surface area contributed by atoms with Gasteiger partial charge in [0.1, 0.15) is 11.3 Å². The Morgan fingerprint density at radius 1 is 1.03 bits per heavy atom. The van der Waals surface area contributed by atoms with Crippen molar-refractivity contribution >= 4 is 44.2 Å². The molecule has 2 aromatic carbocycles. The first kappa shape index (κ1) is 27.7. The molecule has 0 radical (unpaired) electrons. The molecule has 1 N–H and O–H groups in total. The Kier molecular flexibility index (Phi) is 7.37. The molecule has 3 rings (SSSR count). The lowest BCUT2D eigenvalue weighted by molar-refractivity contribution is -0.157. The van der Waals surface area contributed by atoms with Crippen molar-refractivity contribution in [3.63, 3.8) is 0 Å². The monoisotopic (exact) mass is 532 g/mol. The number of amides is 1. The average molecular weight is 533 g/mol. The summed E-state index contributed by atoms with van der Waals surface area (Å²) in [4.78, 5) is 25.6. The molecule has 0 bridgehead atoms. The van der Waals surface area contributed by atoms with Crippen LogP contribution in [0.1, 0.15) is 69.2 Å². The number of fused-ring (bicyclic) bond motifs is 1. The van der Waals surface area contributed by atoms with E-state index < -0.39 is 32.2 Å². The van der Waals surface area contributed by atoms with Crippen LogP contribution in [0.15, 0.2) is 47.4 Å². The lowest BCUT2D eigenvalue weighted by Crippen LogP contribution is -2.44. The highest BCUT2D eigenvalue weighted by molar-refractivity contribution is 7.93. The first-order valence-corrected chi connectivity index (χ1v) is 13.5. The maximum Gasteiger partial charge on any atom is 0.327 e. The normalized spacial score (nSPS) is 13.5. The molecule has 9 heteroatoms. The number of nitrogens with one attached hydrogen (secondary N) is 1. The van der Waals surface area contributed by atoms with Crippen molar-refractivity contribution in [1.29, 1.82) is 0 Å². The van der Waals surface area contributed by atoms with E-state index in [1.54, 1.807) is 43.5 Å². The van der Waals surface area contributed by atoms with Crippen molar-refractivity contribution in [1.82, 2.24) is 9.88 Å². The summed E-state index contributed by atoms with van der Waals surface area (Å²) in [7, 11) is -2.22. The summed E-state index contributed by atoms with van der Waals surface area (Å²) in [5.41, 5.74) is 2.22. The molecular formula is C27H33ClN2O5S. The second kappa shape index (κ2) is 9.56. The molecule has 0 saturated heterocycles. The molecule has 0 aliphatic rings. The number of benzene rings is 2. The number of hydrogen-bond donors (Lipinski definition) is 1. The smallest absolute Gasteiger partial charge is 0.327 e. The standard InChI is InChI=1S/C27H33ClN2O5S/c1-16-13-21(28)20-15-23(30(8)22(20)14-16)24(31)29-17(2)18-9-11-19(12-10-18)36(33,34)27(6,7)25(32)35-26(3,4)5/h9-15,17H,1-8H3,(H,29,31). The molecule has 0 fully saturated rings. The van der Waals surface area contributed by atoms with E-state index in [1.807, 2.05) is 33.0 Å². The highest BCUT2D eigenvalue weighted by atomic mass is 35.5. The second-order valence-corrected chi connectivity index (χ2v) is 13.5. The number of aryl methyl sites for hydroxylation is 2. The first-order chi connectivity index (χ1) is 16.5. The zero-order valence-electron chi connectivity index (χ0n) is 21.9. The van der Waals surface area contributed by atoms with E-state index in [4.69, 9.17) is 16.3 Å². The van der Waals surface area contributed by atoms with Crippen molar-refractivity contribution < 1.29 is 22.7 Å². The number of nitrogens with zero attached hydrogens (tertiary/aromatic N) is 1. The van der Waals surface area contributed by atoms with E-state index in [0.717, 1.165) is 16.5 Å². The molecule has 1 amide bonds. The molecular weight excluding hydrogens is 500 g/mol. The van der Waals surface area contributed by atoms with Crippen LogP contribution in [0.2, 0.25) is 5.02 Å². The van der Waals surface area contributed by atoms with Gasteiger partial charge in [0.25, 0.3) is 5.91 Å². The Labute approximate surface area is 217 Å². The lowest BCUT2D eigenvalue weighted by Gasteiger charge is -2.28. The van der Waals surface area contributed by atoms with Gasteiger partial charge in [0.15, 0.2) is 14.6 Å². The third-order valence-electron chi connectivity index (χ3n) is 6.09. The van der Waals surface area contributed by atoms with Crippen LogP contribution in [0.4, 0.5) is 0 Å². The number of carbonyl (C=O) groups is 2. The fraction of sp³-hybridized carbons (Fsp3) is 0.407. The van der Waals surface area contributed by atoms with Crippen molar-refractivity contribution in [2.45, 2.75) is 69.8 Å². The van der Waals surface area contributed by atoms with Crippen LogP contribution in [0.3, 0.4) is 0 Å². The van der Waals surface area contributed by atoms with Gasteiger partial charge in [-0.05, 0) is 89.9 Å². The predicted molar refractivity (Wildman–Crippen MR) is 142 cm³/mol. The summed E-state index contributed by atoms with van der Waals surface area (Å²) in [5, 5.41) is 4.33. The fourth-order valence-electron chi connectivity index (χ4n) is 3.83. The number of halogens is 1. The molecule has 1 heterocycles. The first-order valence-electron chi connectivity index (χ1n) is 11.6. The molecule has 0 aliphatic heterocycles. The van der Waals surface area contributed by atoms with Crippen molar-refractivity contribution in [2.24, 2.45) is 7.05 Å². The number of carbonyl (C=O) groups excluding carboxylic acids is 2. The average Bonchev–Trinajstić information content (AvgIpc) is 3.09. The Hall–Kier alpha value is -2.84. The molecule has 1 unspecified atom stereocenters. The number of aromatic nitrogens is 1. The summed E-state index contributed by atoms with van der Waals surface area (Å²) < 4.78 is 31.8. The number of esters is 1. The van der Waals surface area contributed by atoms with Crippen LogP contribution in [0.5, 0.6) is 0 Å². The Morgan fingerprint density at radius 3 is 2.17 bits per heavy atom. The SMILES string of the molecule is Cc1cc(Cl)c2cc(C(=O)NC(C)c3ccc(S(=O)(=O)C(C)(C)C(=O)OC(C)(C)C)cc3)n(C)c2c1. The number of sulfone groups is 1. The van der Waals surface area contributed by atoms with Gasteiger partial charge in [-0.2, -0.15) is 0 Å². The van der Waals surface area contributed by atoms with Gasteiger partial charge in [0, 0.05) is 12.4 Å². The van der Waals surface area contributed by atoms with E-state index in [0.29, 0.717) is 16.3 Å². The number of hydrogen-bond acceptors (Lipinski definition) is 5. The minimum Gasteiger partial charge on any atom is -0.459 e. The van der Waals surface area contributed by atoms with Crippen molar-refractivity contribution in [3.8, 4) is 0 Å². The Bertz CT molecular complexity index is 1430. The molecule has 1 atom stereocenters. The molecule has 0 aliphatic carbocycles. The minimum atomic E-state index is -4.02. The van der Waals surface area contributed by atoms with E-state index in [2.05, 4.69) is 5.32 Å². The summed E-state index contributed by atoms with van der Waals surface area (Å²) in [6.07, 6.45) is 0. The van der Waals surface area contributed by atoms with Crippen LogP contribution >= 0.6 is 11.6 Å². The Morgan fingerprint density at radius 2 is 1.61 bits per heavy atom. The van der Waals surface area contributed by atoms with Gasteiger partial charge < -0.3 is 14.6 Å². The third-order valence-corrected chi connectivity index (χ3v) is 8.80. The molecule has 7 nitrogen and oxygen atoms in total. The zero-order chi connectivity index (χ0) is 27.2. The minimum absolute atomic E-state index is 0.000619. The van der Waals surface area contributed by atoms with Gasteiger partial charge in [0.05, 0.1) is 21.5 Å². The van der Waals surface area contributed by atoms with Gasteiger partial charge in [-0.3, -0.25) is 9.59 Å². The number of ether oxygens (including phenoxy) is 1. The molecule has 1 aromatic heterocycles. The van der Waals surface area contributed by atoms with Crippen LogP contribution in [0.25, 0.3) is 10.9 Å². The number of rotatable bonds is 6. The van der Waals surface area contributed by atoms with Gasteiger partial charge in [-0.15, -0.1) is 0 Å². The molecule has 0 saturated carbocycles. The van der Waals surface area contributed by atoms with Gasteiger partial charge in [-0.1, -0.05) is 23.7 Å². The maximum absolute atomic E-state index is 13.2. The maximum atomic E-state index is 13.2. The van der Waals surface area contributed by atoms with Gasteiger partial charge in [0.2, 0.25) is 0 Å². The fourth-order valence-corrected chi connectivity index (χ4v) is 5.50. The van der Waals surface area contributed by atoms with Crippen molar-refractivity contribution in [2.75, 3.05) is 0 Å². The van der Waals surface area contributed by atoms with Crippen LogP contribution in [0, 0.1) is 6.92 Å². The van der Waals surface area contributed by atoms with Gasteiger partial charge in [-0.25, -0.2) is 8.42 Å². The summed E-state index contributed by atoms with van der Waals surface area (Å²) in [6.45, 7) is 11.5. The quantitative estimate of drug-likeness (QED) is 0.421. The third kappa shape index (κ3) is 5.30. The highest BCUT2D eigenvalue weighted by Gasteiger charge is 2.45. The van der Waals surface area contributed by atoms with Crippen LogP contribution < -0.4 is 5.32 Å². The van der Waals surface area contributed by atoms with E-state index in [-0.39, 0.29) is 10.8 Å². The van der Waals surface area contributed by atoms with Crippen LogP contribution in [-0.2, 0) is 26.4 Å². The molecule has 0 spiro atoms. The summed E-state index contributed by atoms with van der Waals surface area (Å²) >= 11 is 6.37. The summed E-state index contributed by atoms with van der Waals surface area (Å²) in [5.74, 6) is -1.09. The molecule has 3 aromatic rings. The summed E-state index contributed by atoms with van der Waals surface area (Å²) in [6, 6.07) is 11.3. The second-order valence-electron chi connectivity index (χ2n) is 10.5. The van der Waals surface area contributed by atoms with E-state index in [1.165, 1.54) is 26.0 Å². The lowest BCUT2D eigenvalue weighted by atomic mass is 10.1. The topological polar surface area (TPSA) is 94.5 Å². The van der Waals surface area contributed by atoms with Crippen molar-refractivity contribution in [3.05, 3.63) is 64.3 Å². The van der Waals surface area contributed by atoms with E-state index in [9.17, 15) is 18.0 Å². The Balaban J connectivity index is 1.81.